The number of ether oxygens (including phenoxy) is 2. The van der Waals surface area contributed by atoms with Crippen molar-refractivity contribution in [1.82, 2.24) is 5.32 Å². The fraction of sp³-hybridized carbons (Fsp3) is 0.231. The van der Waals surface area contributed by atoms with Gasteiger partial charge in [-0.3, -0.25) is 0 Å². The number of hydrogen-bond acceptors (Lipinski definition) is 4. The van der Waals surface area contributed by atoms with Gasteiger partial charge in [0, 0.05) is 12.3 Å². The Morgan fingerprint density at radius 2 is 1.49 bits per heavy atom. The van der Waals surface area contributed by atoms with E-state index in [9.17, 15) is 27.9 Å². The number of aliphatic carboxylic acids is 1. The Balaban J connectivity index is 1.36. The summed E-state index contributed by atoms with van der Waals surface area (Å²) < 4.78 is 46.8. The Bertz CT molecular complexity index is 1160. The summed E-state index contributed by atoms with van der Waals surface area (Å²) in [6, 6.07) is 19.9. The second-order valence-corrected chi connectivity index (χ2v) is 8.11. The van der Waals surface area contributed by atoms with Crippen LogP contribution in [0.25, 0.3) is 11.1 Å². The van der Waals surface area contributed by atoms with Gasteiger partial charge in [-0.05, 0) is 39.9 Å². The Labute approximate surface area is 199 Å². The van der Waals surface area contributed by atoms with Crippen molar-refractivity contribution in [2.24, 2.45) is 0 Å². The Morgan fingerprint density at radius 3 is 2.03 bits per heavy atom. The van der Waals surface area contributed by atoms with Crippen LogP contribution in [0.15, 0.2) is 72.8 Å². The molecule has 35 heavy (non-hydrogen) atoms. The zero-order valence-corrected chi connectivity index (χ0v) is 18.4. The van der Waals surface area contributed by atoms with E-state index in [0.717, 1.165) is 22.3 Å². The van der Waals surface area contributed by atoms with Gasteiger partial charge in [-0.1, -0.05) is 60.7 Å². The van der Waals surface area contributed by atoms with Crippen molar-refractivity contribution in [3.8, 4) is 16.9 Å². The van der Waals surface area contributed by atoms with Gasteiger partial charge in [0.1, 0.15) is 18.4 Å². The molecule has 0 fully saturated rings. The smallest absolute Gasteiger partial charge is 0.422 e. The molecule has 3 aromatic rings. The highest BCUT2D eigenvalue weighted by molar-refractivity contribution is 5.81. The SMILES string of the molecule is O=C(NC(Cc1ccc(OCC(F)(F)F)cc1)C(=O)O)OCC1c2ccccc2-c2ccccc21. The molecule has 1 aliphatic rings. The highest BCUT2D eigenvalue weighted by atomic mass is 19.4. The lowest BCUT2D eigenvalue weighted by Gasteiger charge is -2.18. The van der Waals surface area contributed by atoms with Crippen LogP contribution in [-0.4, -0.2) is 42.6 Å². The van der Waals surface area contributed by atoms with Crippen molar-refractivity contribution < 1.29 is 37.3 Å². The Hall–Kier alpha value is -4.01. The van der Waals surface area contributed by atoms with E-state index in [-0.39, 0.29) is 24.7 Å². The number of nitrogens with one attached hydrogen (secondary N) is 1. The van der Waals surface area contributed by atoms with Crippen LogP contribution >= 0.6 is 0 Å². The summed E-state index contributed by atoms with van der Waals surface area (Å²) >= 11 is 0. The van der Waals surface area contributed by atoms with Crippen LogP contribution in [-0.2, 0) is 16.0 Å². The summed E-state index contributed by atoms with van der Waals surface area (Å²) in [5, 5.41) is 11.9. The van der Waals surface area contributed by atoms with Crippen LogP contribution in [0.2, 0.25) is 0 Å². The summed E-state index contributed by atoms with van der Waals surface area (Å²) in [6.45, 7) is -1.38. The molecule has 4 rings (SSSR count). The molecule has 0 aliphatic heterocycles. The topological polar surface area (TPSA) is 84.9 Å². The molecule has 1 unspecified atom stereocenters. The quantitative estimate of drug-likeness (QED) is 0.460. The molecule has 9 heteroatoms. The predicted octanol–water partition coefficient (Wildman–Crippen LogP) is 5.16. The molecule has 0 saturated carbocycles. The lowest BCUT2D eigenvalue weighted by Crippen LogP contribution is -2.42. The maximum atomic E-state index is 12.4. The molecule has 0 radical (unpaired) electrons. The predicted molar refractivity (Wildman–Crippen MR) is 121 cm³/mol. The first-order valence-electron chi connectivity index (χ1n) is 10.8. The van der Waals surface area contributed by atoms with E-state index in [2.05, 4.69) is 10.1 Å². The van der Waals surface area contributed by atoms with Gasteiger partial charge in [0.05, 0.1) is 0 Å². The number of fused-ring (bicyclic) bond motifs is 3. The van der Waals surface area contributed by atoms with Gasteiger partial charge in [-0.2, -0.15) is 13.2 Å². The molecule has 182 valence electrons. The van der Waals surface area contributed by atoms with E-state index >= 15 is 0 Å². The second-order valence-electron chi connectivity index (χ2n) is 8.11. The number of alkyl halides is 3. The van der Waals surface area contributed by atoms with Gasteiger partial charge in [0.15, 0.2) is 6.61 Å². The van der Waals surface area contributed by atoms with Crippen LogP contribution in [0.5, 0.6) is 5.75 Å². The third kappa shape index (κ3) is 5.92. The van der Waals surface area contributed by atoms with E-state index in [1.807, 2.05) is 48.5 Å². The Morgan fingerprint density at radius 1 is 0.914 bits per heavy atom. The van der Waals surface area contributed by atoms with E-state index in [1.54, 1.807) is 0 Å². The van der Waals surface area contributed by atoms with Crippen LogP contribution in [0.4, 0.5) is 18.0 Å². The summed E-state index contributed by atoms with van der Waals surface area (Å²) in [4.78, 5) is 24.1. The number of carbonyl (C=O) groups is 2. The van der Waals surface area contributed by atoms with Crippen molar-refractivity contribution in [2.45, 2.75) is 24.6 Å². The van der Waals surface area contributed by atoms with Crippen LogP contribution in [0, 0.1) is 0 Å². The van der Waals surface area contributed by atoms with Gasteiger partial charge < -0.3 is 19.9 Å². The Kier molecular flexibility index (Phi) is 6.95. The van der Waals surface area contributed by atoms with Gasteiger partial charge in [0.25, 0.3) is 0 Å². The van der Waals surface area contributed by atoms with Crippen molar-refractivity contribution in [3.05, 3.63) is 89.5 Å². The molecule has 3 aromatic carbocycles. The first kappa shape index (κ1) is 24.1. The number of rotatable bonds is 8. The average Bonchev–Trinajstić information content (AvgIpc) is 3.15. The summed E-state index contributed by atoms with van der Waals surface area (Å²) in [7, 11) is 0. The molecule has 1 amide bonds. The van der Waals surface area contributed by atoms with E-state index in [0.29, 0.717) is 5.56 Å². The molecule has 0 heterocycles. The third-order valence-electron chi connectivity index (χ3n) is 5.70. The average molecular weight is 485 g/mol. The monoisotopic (exact) mass is 485 g/mol. The fourth-order valence-corrected chi connectivity index (χ4v) is 4.11. The largest absolute Gasteiger partial charge is 0.484 e. The van der Waals surface area contributed by atoms with E-state index in [4.69, 9.17) is 4.74 Å². The summed E-state index contributed by atoms with van der Waals surface area (Å²) in [6.07, 6.45) is -5.41. The van der Waals surface area contributed by atoms with Gasteiger partial charge in [-0.15, -0.1) is 0 Å². The van der Waals surface area contributed by atoms with E-state index in [1.165, 1.54) is 24.3 Å². The van der Waals surface area contributed by atoms with Crippen molar-refractivity contribution >= 4 is 12.1 Å². The number of benzene rings is 3. The molecular weight excluding hydrogens is 463 g/mol. The minimum absolute atomic E-state index is 0.00226. The van der Waals surface area contributed by atoms with Gasteiger partial charge >= 0.3 is 18.2 Å². The zero-order chi connectivity index (χ0) is 25.0. The molecule has 0 aromatic heterocycles. The van der Waals surface area contributed by atoms with Crippen molar-refractivity contribution in [3.63, 3.8) is 0 Å². The highest BCUT2D eigenvalue weighted by Gasteiger charge is 2.30. The van der Waals surface area contributed by atoms with Gasteiger partial charge in [0.2, 0.25) is 0 Å². The maximum Gasteiger partial charge on any atom is 0.422 e. The van der Waals surface area contributed by atoms with E-state index < -0.39 is 30.9 Å². The molecule has 0 saturated heterocycles. The zero-order valence-electron chi connectivity index (χ0n) is 18.4. The number of carboxylic acid groups (broad SMARTS) is 1. The first-order valence-corrected chi connectivity index (χ1v) is 10.8. The maximum absolute atomic E-state index is 12.4. The third-order valence-corrected chi connectivity index (χ3v) is 5.70. The molecular formula is C26H22F3NO5. The lowest BCUT2D eigenvalue weighted by molar-refractivity contribution is -0.153. The number of halogens is 3. The first-order chi connectivity index (χ1) is 16.7. The molecule has 1 aliphatic carbocycles. The molecule has 6 nitrogen and oxygen atoms in total. The number of hydrogen-bond donors (Lipinski definition) is 2. The molecule has 2 N–H and O–H groups in total. The number of amides is 1. The number of carbonyl (C=O) groups excluding carboxylic acids is 1. The minimum atomic E-state index is -4.46. The highest BCUT2D eigenvalue weighted by Crippen LogP contribution is 2.44. The van der Waals surface area contributed by atoms with Gasteiger partial charge in [-0.25, -0.2) is 9.59 Å². The molecule has 0 spiro atoms. The summed E-state index contributed by atoms with van der Waals surface area (Å²) in [5.41, 5.74) is 4.70. The van der Waals surface area contributed by atoms with Crippen LogP contribution in [0.3, 0.4) is 0 Å². The fourth-order valence-electron chi connectivity index (χ4n) is 4.11. The van der Waals surface area contributed by atoms with Crippen molar-refractivity contribution in [2.75, 3.05) is 13.2 Å². The van der Waals surface area contributed by atoms with Crippen molar-refractivity contribution in [1.29, 1.82) is 0 Å². The normalized spacial score (nSPS) is 13.5. The second kappa shape index (κ2) is 10.1. The van der Waals surface area contributed by atoms with Crippen LogP contribution in [0.1, 0.15) is 22.6 Å². The molecule has 0 bridgehead atoms. The molecule has 1 atom stereocenters. The van der Waals surface area contributed by atoms with Crippen LogP contribution < -0.4 is 10.1 Å². The standard InChI is InChI=1S/C26H22F3NO5/c27-26(28,29)15-35-17-11-9-16(10-12-17)13-23(24(31)32)30-25(33)34-14-22-20-7-3-1-5-18(20)19-6-2-4-8-21(19)22/h1-12,22-23H,13-15H2,(H,30,33)(H,31,32). The minimum Gasteiger partial charge on any atom is -0.484 e. The number of carboxylic acids is 1. The summed E-state index contributed by atoms with van der Waals surface area (Å²) in [5.74, 6) is -1.43. The number of alkyl carbamates (subject to hydrolysis) is 1. The lowest BCUT2D eigenvalue weighted by atomic mass is 9.98.